The number of hydrogen-bond acceptors (Lipinski definition) is 4. The summed E-state index contributed by atoms with van der Waals surface area (Å²) in [4.78, 5) is 31.9. The van der Waals surface area contributed by atoms with Crippen molar-refractivity contribution in [1.82, 2.24) is 14.7 Å². The van der Waals surface area contributed by atoms with E-state index in [2.05, 4.69) is 20.0 Å². The molecule has 1 atom stereocenters. The zero-order valence-corrected chi connectivity index (χ0v) is 18.2. The average Bonchev–Trinajstić information content (AvgIpc) is 3.00. The molecular weight excluding hydrogens is 364 g/mol. The van der Waals surface area contributed by atoms with Gasteiger partial charge in [-0.15, -0.1) is 0 Å². The van der Waals surface area contributed by atoms with Gasteiger partial charge in [0.1, 0.15) is 0 Å². The molecule has 0 aromatic heterocycles. The Morgan fingerprint density at radius 3 is 2.10 bits per heavy atom. The number of hydrogen-bond donors (Lipinski definition) is 1. The third kappa shape index (κ3) is 5.80. The highest BCUT2D eigenvalue weighted by molar-refractivity contribution is 5.93. The summed E-state index contributed by atoms with van der Waals surface area (Å²) >= 11 is 0. The Bertz CT molecular complexity index is 685. The lowest BCUT2D eigenvalue weighted by molar-refractivity contribution is -0.137. The molecule has 1 aromatic carbocycles. The number of carbonyl (C=O) groups excluding carboxylic acids is 2. The van der Waals surface area contributed by atoms with Crippen molar-refractivity contribution in [1.29, 1.82) is 0 Å². The van der Waals surface area contributed by atoms with Gasteiger partial charge in [0, 0.05) is 45.0 Å². The number of para-hydroxylation sites is 1. The predicted molar refractivity (Wildman–Crippen MR) is 117 cm³/mol. The fourth-order valence-corrected chi connectivity index (χ4v) is 4.41. The fourth-order valence-electron chi connectivity index (χ4n) is 4.41. The normalized spacial score (nSPS) is 20.2. The predicted octanol–water partition coefficient (Wildman–Crippen LogP) is 2.65. The second-order valence-corrected chi connectivity index (χ2v) is 8.54. The van der Waals surface area contributed by atoms with Crippen LogP contribution in [0.4, 0.5) is 5.69 Å². The maximum absolute atomic E-state index is 12.9. The molecule has 0 aliphatic carbocycles. The van der Waals surface area contributed by atoms with Crippen LogP contribution in [0.1, 0.15) is 43.7 Å². The van der Waals surface area contributed by atoms with Gasteiger partial charge in [-0.3, -0.25) is 19.4 Å². The summed E-state index contributed by atoms with van der Waals surface area (Å²) in [5.74, 6) is 0.303. The van der Waals surface area contributed by atoms with Gasteiger partial charge in [0.05, 0.1) is 12.6 Å². The highest BCUT2D eigenvalue weighted by Gasteiger charge is 2.29. The highest BCUT2D eigenvalue weighted by Crippen LogP contribution is 2.19. The summed E-state index contributed by atoms with van der Waals surface area (Å²) in [6.07, 6.45) is 4.73. The molecule has 2 fully saturated rings. The average molecular weight is 401 g/mol. The second-order valence-electron chi connectivity index (χ2n) is 8.54. The summed E-state index contributed by atoms with van der Waals surface area (Å²) < 4.78 is 0. The molecule has 2 amide bonds. The molecule has 2 heterocycles. The first-order chi connectivity index (χ1) is 14.0. The molecule has 2 saturated heterocycles. The number of rotatable bonds is 5. The van der Waals surface area contributed by atoms with E-state index in [0.29, 0.717) is 6.54 Å². The quantitative estimate of drug-likeness (QED) is 0.826. The van der Waals surface area contributed by atoms with Crippen molar-refractivity contribution in [2.24, 2.45) is 0 Å². The van der Waals surface area contributed by atoms with Crippen molar-refractivity contribution in [3.63, 3.8) is 0 Å². The van der Waals surface area contributed by atoms with Gasteiger partial charge < -0.3 is 10.2 Å². The van der Waals surface area contributed by atoms with Gasteiger partial charge in [0.2, 0.25) is 11.8 Å². The zero-order valence-electron chi connectivity index (χ0n) is 18.2. The van der Waals surface area contributed by atoms with Crippen molar-refractivity contribution in [2.45, 2.75) is 52.5 Å². The van der Waals surface area contributed by atoms with E-state index in [1.54, 1.807) is 0 Å². The van der Waals surface area contributed by atoms with Crippen LogP contribution in [0, 0.1) is 13.8 Å². The molecule has 0 radical (unpaired) electrons. The van der Waals surface area contributed by atoms with Gasteiger partial charge in [0.25, 0.3) is 0 Å². The van der Waals surface area contributed by atoms with E-state index in [-0.39, 0.29) is 17.9 Å². The third-order valence-electron chi connectivity index (χ3n) is 6.34. The smallest absolute Gasteiger partial charge is 0.239 e. The lowest BCUT2D eigenvalue weighted by Gasteiger charge is -2.38. The number of piperazine rings is 1. The van der Waals surface area contributed by atoms with E-state index < -0.39 is 0 Å². The standard InChI is InChI=1S/C23H36N4O2/c1-18-9-8-10-19(2)22(18)24-21(28)17-25-13-15-26(16-14-25)20(3)23(29)27-11-6-4-5-7-12-27/h8-10,20H,4-7,11-17H2,1-3H3,(H,24,28)/t20-/m0/s1. The van der Waals surface area contributed by atoms with Gasteiger partial charge in [-0.25, -0.2) is 0 Å². The van der Waals surface area contributed by atoms with E-state index in [1.807, 2.05) is 39.0 Å². The summed E-state index contributed by atoms with van der Waals surface area (Å²) in [6, 6.07) is 5.97. The van der Waals surface area contributed by atoms with Crippen LogP contribution in [0.5, 0.6) is 0 Å². The van der Waals surface area contributed by atoms with Gasteiger partial charge in [-0.1, -0.05) is 31.0 Å². The molecule has 1 aromatic rings. The maximum atomic E-state index is 12.9. The molecule has 29 heavy (non-hydrogen) atoms. The largest absolute Gasteiger partial charge is 0.341 e. The van der Waals surface area contributed by atoms with Gasteiger partial charge in [-0.05, 0) is 44.7 Å². The van der Waals surface area contributed by atoms with Crippen LogP contribution in [0.15, 0.2) is 18.2 Å². The summed E-state index contributed by atoms with van der Waals surface area (Å²) in [5, 5.41) is 3.07. The van der Waals surface area contributed by atoms with E-state index in [4.69, 9.17) is 0 Å². The number of nitrogens with one attached hydrogen (secondary N) is 1. The summed E-state index contributed by atoms with van der Waals surface area (Å²) in [6.45, 7) is 11.6. The first kappa shape index (κ1) is 21.8. The molecule has 6 heteroatoms. The molecule has 0 bridgehead atoms. The molecule has 1 N–H and O–H groups in total. The number of anilines is 1. The van der Waals surface area contributed by atoms with Crippen LogP contribution < -0.4 is 5.32 Å². The van der Waals surface area contributed by atoms with E-state index >= 15 is 0 Å². The summed E-state index contributed by atoms with van der Waals surface area (Å²) in [7, 11) is 0. The molecule has 2 aliphatic rings. The molecule has 0 saturated carbocycles. The minimum Gasteiger partial charge on any atom is -0.341 e. The number of likely N-dealkylation sites (tertiary alicyclic amines) is 1. The summed E-state index contributed by atoms with van der Waals surface area (Å²) in [5.41, 5.74) is 3.10. The second kappa shape index (κ2) is 10.2. The van der Waals surface area contributed by atoms with Crippen molar-refractivity contribution in [2.75, 3.05) is 51.1 Å². The van der Waals surface area contributed by atoms with Gasteiger partial charge in [-0.2, -0.15) is 0 Å². The van der Waals surface area contributed by atoms with Crippen molar-refractivity contribution >= 4 is 17.5 Å². The number of nitrogens with zero attached hydrogens (tertiary/aromatic N) is 3. The lowest BCUT2D eigenvalue weighted by Crippen LogP contribution is -2.55. The molecule has 160 valence electrons. The zero-order chi connectivity index (χ0) is 20.8. The SMILES string of the molecule is Cc1cccc(C)c1NC(=O)CN1CCN([C@@H](C)C(=O)N2CCCCCC2)CC1. The Morgan fingerprint density at radius 2 is 1.52 bits per heavy atom. The first-order valence-corrected chi connectivity index (χ1v) is 11.1. The fraction of sp³-hybridized carbons (Fsp3) is 0.652. The van der Waals surface area contributed by atoms with Crippen molar-refractivity contribution in [3.05, 3.63) is 29.3 Å². The topological polar surface area (TPSA) is 55.9 Å². The maximum Gasteiger partial charge on any atom is 0.239 e. The Hall–Kier alpha value is -1.92. The third-order valence-corrected chi connectivity index (χ3v) is 6.34. The van der Waals surface area contributed by atoms with Gasteiger partial charge in [0.15, 0.2) is 0 Å². The molecule has 6 nitrogen and oxygen atoms in total. The molecule has 0 unspecified atom stereocenters. The minimum absolute atomic E-state index is 0.0320. The minimum atomic E-state index is -0.0707. The monoisotopic (exact) mass is 400 g/mol. The molecule has 3 rings (SSSR count). The number of benzene rings is 1. The van der Waals surface area contributed by atoms with Crippen molar-refractivity contribution in [3.8, 4) is 0 Å². The molecule has 2 aliphatic heterocycles. The number of carbonyl (C=O) groups is 2. The van der Waals surface area contributed by atoms with Crippen LogP contribution in [0.25, 0.3) is 0 Å². The van der Waals surface area contributed by atoms with E-state index in [0.717, 1.165) is 68.9 Å². The Labute approximate surface area is 175 Å². The van der Waals surface area contributed by atoms with Crippen LogP contribution in [0.3, 0.4) is 0 Å². The van der Waals surface area contributed by atoms with Crippen LogP contribution >= 0.6 is 0 Å². The van der Waals surface area contributed by atoms with Crippen LogP contribution in [0.2, 0.25) is 0 Å². The van der Waals surface area contributed by atoms with Crippen molar-refractivity contribution < 1.29 is 9.59 Å². The first-order valence-electron chi connectivity index (χ1n) is 11.1. The van der Waals surface area contributed by atoms with Crippen LogP contribution in [-0.4, -0.2) is 78.4 Å². The molecular formula is C23H36N4O2. The Kier molecular flexibility index (Phi) is 7.67. The lowest BCUT2D eigenvalue weighted by atomic mass is 10.1. The Balaban J connectivity index is 1.46. The molecule has 0 spiro atoms. The van der Waals surface area contributed by atoms with Gasteiger partial charge >= 0.3 is 0 Å². The van der Waals surface area contributed by atoms with Crippen LogP contribution in [-0.2, 0) is 9.59 Å². The Morgan fingerprint density at radius 1 is 0.931 bits per heavy atom. The highest BCUT2D eigenvalue weighted by atomic mass is 16.2. The van der Waals surface area contributed by atoms with E-state index in [1.165, 1.54) is 12.8 Å². The number of aryl methyl sites for hydroxylation is 2. The number of amides is 2. The van der Waals surface area contributed by atoms with E-state index in [9.17, 15) is 9.59 Å².